The summed E-state index contributed by atoms with van der Waals surface area (Å²) in [5.41, 5.74) is 7.06. The number of halogens is 1. The Bertz CT molecular complexity index is 572. The van der Waals surface area contributed by atoms with Gasteiger partial charge < -0.3 is 15.8 Å². The van der Waals surface area contributed by atoms with Crippen molar-refractivity contribution in [3.8, 4) is 5.75 Å². The lowest BCUT2D eigenvalue weighted by Crippen LogP contribution is -1.98. The first-order chi connectivity index (χ1) is 9.13. The van der Waals surface area contributed by atoms with Gasteiger partial charge >= 0.3 is 0 Å². The highest BCUT2D eigenvalue weighted by Crippen LogP contribution is 2.30. The lowest BCUT2D eigenvalue weighted by atomic mass is 10.2. The molecule has 0 atom stereocenters. The van der Waals surface area contributed by atoms with Gasteiger partial charge in [-0.1, -0.05) is 0 Å². The number of rotatable bonds is 4. The Morgan fingerprint density at radius 2 is 1.89 bits per heavy atom. The fourth-order valence-electron chi connectivity index (χ4n) is 1.67. The summed E-state index contributed by atoms with van der Waals surface area (Å²) < 4.78 is 18.9. The van der Waals surface area contributed by atoms with Crippen molar-refractivity contribution in [3.63, 3.8) is 0 Å². The first-order valence-corrected chi connectivity index (χ1v) is 6.90. The molecule has 0 saturated heterocycles. The van der Waals surface area contributed by atoms with Crippen LogP contribution >= 0.6 is 11.8 Å². The van der Waals surface area contributed by atoms with Crippen LogP contribution in [-0.2, 0) is 0 Å². The predicted octanol–water partition coefficient (Wildman–Crippen LogP) is 3.88. The fraction of sp³-hybridized carbons (Fsp3) is 0.143. The van der Waals surface area contributed by atoms with Crippen LogP contribution in [0.2, 0.25) is 0 Å². The van der Waals surface area contributed by atoms with Gasteiger partial charge in [0.1, 0.15) is 11.6 Å². The number of hydrogen-bond donors (Lipinski definition) is 2. The summed E-state index contributed by atoms with van der Waals surface area (Å²) in [5.74, 6) is 0.0388. The molecule has 0 aromatic heterocycles. The largest absolute Gasteiger partial charge is 0.495 e. The summed E-state index contributed by atoms with van der Waals surface area (Å²) in [5, 5.41) is 3.01. The Hall–Kier alpha value is -1.88. The quantitative estimate of drug-likeness (QED) is 0.658. The van der Waals surface area contributed by atoms with Gasteiger partial charge in [0, 0.05) is 22.7 Å². The van der Waals surface area contributed by atoms with E-state index < -0.39 is 5.82 Å². The third-order valence-electron chi connectivity index (χ3n) is 2.69. The van der Waals surface area contributed by atoms with Gasteiger partial charge in [0.05, 0.1) is 18.5 Å². The molecule has 2 aromatic carbocycles. The molecule has 2 rings (SSSR count). The summed E-state index contributed by atoms with van der Waals surface area (Å²) in [6.45, 7) is 0. The molecule has 0 saturated carbocycles. The summed E-state index contributed by atoms with van der Waals surface area (Å²) >= 11 is 1.66. The molecule has 0 spiro atoms. The van der Waals surface area contributed by atoms with Crippen LogP contribution in [0.15, 0.2) is 41.3 Å². The zero-order chi connectivity index (χ0) is 13.8. The second-order valence-electron chi connectivity index (χ2n) is 3.93. The van der Waals surface area contributed by atoms with E-state index in [1.54, 1.807) is 17.8 Å². The predicted molar refractivity (Wildman–Crippen MR) is 78.9 cm³/mol. The van der Waals surface area contributed by atoms with Crippen molar-refractivity contribution in [2.45, 2.75) is 4.90 Å². The molecule has 3 nitrogen and oxygen atoms in total. The SMILES string of the molecule is COc1cc(Nc2ccc(SC)cc2)c(F)cc1N. The van der Waals surface area contributed by atoms with Crippen LogP contribution in [0.1, 0.15) is 0 Å². The van der Waals surface area contributed by atoms with Crippen molar-refractivity contribution in [2.24, 2.45) is 0 Å². The topological polar surface area (TPSA) is 47.3 Å². The highest BCUT2D eigenvalue weighted by atomic mass is 32.2. The van der Waals surface area contributed by atoms with Crippen molar-refractivity contribution in [1.82, 2.24) is 0 Å². The standard InChI is InChI=1S/C14H15FN2OS/c1-18-14-8-13(11(15)7-12(14)16)17-9-3-5-10(19-2)6-4-9/h3-8,17H,16H2,1-2H3. The molecule has 0 aliphatic carbocycles. The number of hydrogen-bond acceptors (Lipinski definition) is 4. The molecule has 0 aliphatic heterocycles. The molecule has 0 unspecified atom stereocenters. The second-order valence-corrected chi connectivity index (χ2v) is 4.81. The minimum atomic E-state index is -0.410. The minimum absolute atomic E-state index is 0.281. The van der Waals surface area contributed by atoms with Crippen molar-refractivity contribution < 1.29 is 9.13 Å². The van der Waals surface area contributed by atoms with Gasteiger partial charge in [-0.05, 0) is 30.5 Å². The Kier molecular flexibility index (Phi) is 4.16. The Morgan fingerprint density at radius 1 is 1.21 bits per heavy atom. The lowest BCUT2D eigenvalue weighted by Gasteiger charge is -2.11. The Labute approximate surface area is 116 Å². The zero-order valence-corrected chi connectivity index (χ0v) is 11.6. The van der Waals surface area contributed by atoms with Crippen molar-refractivity contribution in [3.05, 3.63) is 42.2 Å². The number of anilines is 3. The third kappa shape index (κ3) is 3.12. The van der Waals surface area contributed by atoms with Crippen LogP contribution in [0.25, 0.3) is 0 Å². The molecule has 0 amide bonds. The van der Waals surface area contributed by atoms with Crippen LogP contribution in [0.3, 0.4) is 0 Å². The van der Waals surface area contributed by atoms with E-state index in [1.165, 1.54) is 13.2 Å². The van der Waals surface area contributed by atoms with Crippen LogP contribution in [-0.4, -0.2) is 13.4 Å². The maximum atomic E-state index is 13.8. The van der Waals surface area contributed by atoms with Crippen molar-refractivity contribution in [2.75, 3.05) is 24.4 Å². The van der Waals surface area contributed by atoms with Gasteiger partial charge in [-0.2, -0.15) is 0 Å². The van der Waals surface area contributed by atoms with E-state index in [2.05, 4.69) is 5.32 Å². The van der Waals surface area contributed by atoms with E-state index in [0.717, 1.165) is 10.6 Å². The number of thioether (sulfide) groups is 1. The van der Waals surface area contributed by atoms with Crippen LogP contribution in [0.4, 0.5) is 21.5 Å². The third-order valence-corrected chi connectivity index (χ3v) is 3.43. The molecular weight excluding hydrogens is 263 g/mol. The average molecular weight is 278 g/mol. The molecule has 2 aromatic rings. The van der Waals surface area contributed by atoms with Gasteiger partial charge in [0.25, 0.3) is 0 Å². The van der Waals surface area contributed by atoms with Gasteiger partial charge in [-0.3, -0.25) is 0 Å². The maximum Gasteiger partial charge on any atom is 0.148 e. The molecule has 100 valence electrons. The number of nitrogens with two attached hydrogens (primary N) is 1. The molecule has 19 heavy (non-hydrogen) atoms. The summed E-state index contributed by atoms with van der Waals surface area (Å²) in [7, 11) is 1.50. The summed E-state index contributed by atoms with van der Waals surface area (Å²) in [4.78, 5) is 1.15. The molecule has 0 bridgehead atoms. The van der Waals surface area contributed by atoms with Gasteiger partial charge in [0.15, 0.2) is 0 Å². The molecule has 0 heterocycles. The molecule has 0 radical (unpaired) electrons. The zero-order valence-electron chi connectivity index (χ0n) is 10.7. The van der Waals surface area contributed by atoms with Crippen LogP contribution in [0, 0.1) is 5.82 Å². The molecule has 0 fully saturated rings. The van der Waals surface area contributed by atoms with E-state index in [4.69, 9.17) is 10.5 Å². The highest BCUT2D eigenvalue weighted by molar-refractivity contribution is 7.98. The summed E-state index contributed by atoms with van der Waals surface area (Å²) in [6, 6.07) is 10.5. The Morgan fingerprint density at radius 3 is 2.47 bits per heavy atom. The maximum absolute atomic E-state index is 13.8. The van der Waals surface area contributed by atoms with E-state index in [-0.39, 0.29) is 5.69 Å². The summed E-state index contributed by atoms with van der Waals surface area (Å²) in [6.07, 6.45) is 2.01. The second kappa shape index (κ2) is 5.84. The van der Waals surface area contributed by atoms with E-state index in [0.29, 0.717) is 11.4 Å². The number of benzene rings is 2. The van der Waals surface area contributed by atoms with E-state index in [9.17, 15) is 4.39 Å². The number of nitrogens with one attached hydrogen (secondary N) is 1. The Balaban J connectivity index is 2.26. The molecule has 5 heteroatoms. The lowest BCUT2D eigenvalue weighted by molar-refractivity contribution is 0.416. The first kappa shape index (κ1) is 13.5. The van der Waals surface area contributed by atoms with E-state index >= 15 is 0 Å². The van der Waals surface area contributed by atoms with Crippen molar-refractivity contribution in [1.29, 1.82) is 0 Å². The fourth-order valence-corrected chi connectivity index (χ4v) is 2.08. The van der Waals surface area contributed by atoms with Gasteiger partial charge in [-0.25, -0.2) is 4.39 Å². The van der Waals surface area contributed by atoms with E-state index in [1.807, 2.05) is 30.5 Å². The normalized spacial score (nSPS) is 10.3. The number of methoxy groups -OCH3 is 1. The monoisotopic (exact) mass is 278 g/mol. The molecular formula is C14H15FN2OS. The van der Waals surface area contributed by atoms with Crippen LogP contribution < -0.4 is 15.8 Å². The molecule has 0 aliphatic rings. The number of ether oxygens (including phenoxy) is 1. The van der Waals surface area contributed by atoms with Crippen molar-refractivity contribution >= 4 is 28.8 Å². The smallest absolute Gasteiger partial charge is 0.148 e. The minimum Gasteiger partial charge on any atom is -0.495 e. The average Bonchev–Trinajstić information content (AvgIpc) is 2.42. The highest BCUT2D eigenvalue weighted by Gasteiger charge is 2.08. The number of nitrogen functional groups attached to an aromatic ring is 1. The molecule has 3 N–H and O–H groups in total. The van der Waals surface area contributed by atoms with Gasteiger partial charge in [0.2, 0.25) is 0 Å². The van der Waals surface area contributed by atoms with Crippen LogP contribution in [0.5, 0.6) is 5.75 Å². The van der Waals surface area contributed by atoms with Gasteiger partial charge in [-0.15, -0.1) is 11.8 Å². The first-order valence-electron chi connectivity index (χ1n) is 5.68.